The van der Waals surface area contributed by atoms with E-state index >= 15 is 0 Å². The summed E-state index contributed by atoms with van der Waals surface area (Å²) in [7, 11) is 0. The molecule has 2 rings (SSSR count). The number of carbonyl (C=O) groups excluding carboxylic acids is 1. The van der Waals surface area contributed by atoms with E-state index in [1.807, 2.05) is 60.3 Å². The van der Waals surface area contributed by atoms with Gasteiger partial charge in [0.15, 0.2) is 5.78 Å². The lowest BCUT2D eigenvalue weighted by Crippen LogP contribution is -2.17. The van der Waals surface area contributed by atoms with Gasteiger partial charge in [0.05, 0.1) is 5.92 Å². The maximum absolute atomic E-state index is 12.5. The monoisotopic (exact) mass is 296 g/mol. The Kier molecular flexibility index (Phi) is 5.82. The summed E-state index contributed by atoms with van der Waals surface area (Å²) in [6, 6.07) is 20.2. The molecule has 0 unspecified atom stereocenters. The molecule has 2 atom stereocenters. The van der Waals surface area contributed by atoms with Gasteiger partial charge in [-0.2, -0.15) is 11.8 Å². The van der Waals surface area contributed by atoms with Gasteiger partial charge in [-0.3, -0.25) is 4.79 Å². The van der Waals surface area contributed by atoms with Crippen LogP contribution in [0.15, 0.2) is 73.3 Å². The zero-order valence-corrected chi connectivity index (χ0v) is 13.1. The summed E-state index contributed by atoms with van der Waals surface area (Å²) in [5.41, 5.74) is 2.24. The fraction of sp³-hybridized carbons (Fsp3) is 0.211. The van der Waals surface area contributed by atoms with Gasteiger partial charge in [0, 0.05) is 5.25 Å². The molecule has 0 N–H and O–H groups in total. The highest BCUT2D eigenvalue weighted by Crippen LogP contribution is 2.42. The Morgan fingerprint density at radius 3 is 2.05 bits per heavy atom. The summed E-state index contributed by atoms with van der Waals surface area (Å²) in [5.74, 6) is 0.861. The zero-order chi connectivity index (χ0) is 15.1. The molecule has 0 fully saturated rings. The Bertz CT molecular complexity index is 577. The second-order valence-electron chi connectivity index (χ2n) is 4.78. The molecule has 0 aliphatic heterocycles. The summed E-state index contributed by atoms with van der Waals surface area (Å²) in [6.45, 7) is 5.81. The SMILES string of the molecule is C=CC(=O)[C@@H](c1ccccc1)[C@H](SCC)c1ccccc1. The molecular formula is C19H20OS. The first-order chi connectivity index (χ1) is 10.3. The van der Waals surface area contributed by atoms with E-state index in [0.29, 0.717) is 0 Å². The van der Waals surface area contributed by atoms with Crippen molar-refractivity contribution in [2.75, 3.05) is 5.75 Å². The lowest BCUT2D eigenvalue weighted by molar-refractivity contribution is -0.116. The Morgan fingerprint density at radius 2 is 1.57 bits per heavy atom. The van der Waals surface area contributed by atoms with E-state index in [2.05, 4.69) is 25.6 Å². The first-order valence-corrected chi connectivity index (χ1v) is 8.20. The molecule has 2 heteroatoms. The van der Waals surface area contributed by atoms with Crippen LogP contribution in [0, 0.1) is 0 Å². The lowest BCUT2D eigenvalue weighted by Gasteiger charge is -2.25. The second kappa shape index (κ2) is 7.84. The highest BCUT2D eigenvalue weighted by molar-refractivity contribution is 7.99. The topological polar surface area (TPSA) is 17.1 Å². The average molecular weight is 296 g/mol. The first-order valence-electron chi connectivity index (χ1n) is 7.15. The molecule has 0 heterocycles. The molecule has 0 aliphatic carbocycles. The van der Waals surface area contributed by atoms with Gasteiger partial charge in [0.2, 0.25) is 0 Å². The molecule has 0 amide bonds. The van der Waals surface area contributed by atoms with E-state index < -0.39 is 0 Å². The Balaban J connectivity index is 2.46. The van der Waals surface area contributed by atoms with Gasteiger partial charge in [-0.15, -0.1) is 0 Å². The molecule has 0 bridgehead atoms. The van der Waals surface area contributed by atoms with Gasteiger partial charge in [-0.25, -0.2) is 0 Å². The van der Waals surface area contributed by atoms with Gasteiger partial charge in [0.1, 0.15) is 0 Å². The van der Waals surface area contributed by atoms with Crippen LogP contribution >= 0.6 is 11.8 Å². The van der Waals surface area contributed by atoms with Crippen molar-refractivity contribution in [3.63, 3.8) is 0 Å². The normalized spacial score (nSPS) is 13.4. The lowest BCUT2D eigenvalue weighted by atomic mass is 9.88. The van der Waals surface area contributed by atoms with Crippen LogP contribution in [-0.2, 0) is 4.79 Å². The number of allylic oxidation sites excluding steroid dienone is 1. The quantitative estimate of drug-likeness (QED) is 0.667. The van der Waals surface area contributed by atoms with E-state index in [1.165, 1.54) is 11.6 Å². The summed E-state index contributed by atoms with van der Waals surface area (Å²) in [5, 5.41) is 0.115. The van der Waals surface area contributed by atoms with Crippen LogP contribution in [0.4, 0.5) is 0 Å². The van der Waals surface area contributed by atoms with Crippen molar-refractivity contribution in [3.05, 3.63) is 84.4 Å². The molecule has 2 aromatic rings. The number of carbonyl (C=O) groups is 1. The van der Waals surface area contributed by atoms with Gasteiger partial charge >= 0.3 is 0 Å². The van der Waals surface area contributed by atoms with E-state index in [4.69, 9.17) is 0 Å². The molecule has 0 saturated carbocycles. The van der Waals surface area contributed by atoms with Crippen LogP contribution in [0.25, 0.3) is 0 Å². The van der Waals surface area contributed by atoms with Gasteiger partial charge in [-0.1, -0.05) is 74.2 Å². The van der Waals surface area contributed by atoms with Crippen LogP contribution in [0.2, 0.25) is 0 Å². The third kappa shape index (κ3) is 3.85. The van der Waals surface area contributed by atoms with E-state index in [9.17, 15) is 4.79 Å². The third-order valence-electron chi connectivity index (χ3n) is 3.44. The zero-order valence-electron chi connectivity index (χ0n) is 12.2. The molecule has 0 aromatic heterocycles. The summed E-state index contributed by atoms with van der Waals surface area (Å²) < 4.78 is 0. The van der Waals surface area contributed by atoms with Gasteiger partial charge in [0.25, 0.3) is 0 Å². The van der Waals surface area contributed by atoms with E-state index in [0.717, 1.165) is 11.3 Å². The number of rotatable bonds is 7. The summed E-state index contributed by atoms with van der Waals surface area (Å²) in [4.78, 5) is 12.5. The molecule has 0 aliphatic rings. The smallest absolute Gasteiger partial charge is 0.163 e. The molecule has 0 saturated heterocycles. The van der Waals surface area contributed by atoms with Crippen molar-refractivity contribution < 1.29 is 4.79 Å². The maximum atomic E-state index is 12.5. The number of hydrogen-bond donors (Lipinski definition) is 0. The Labute approximate surface area is 131 Å². The van der Waals surface area contributed by atoms with Gasteiger partial charge in [-0.05, 0) is 23.0 Å². The second-order valence-corrected chi connectivity index (χ2v) is 6.20. The first kappa shape index (κ1) is 15.6. The molecule has 108 valence electrons. The summed E-state index contributed by atoms with van der Waals surface area (Å²) >= 11 is 1.81. The van der Waals surface area contributed by atoms with Crippen LogP contribution in [0.1, 0.15) is 29.2 Å². The molecule has 0 radical (unpaired) electrons. The summed E-state index contributed by atoms with van der Waals surface area (Å²) in [6.07, 6.45) is 1.45. The van der Waals surface area contributed by atoms with Crippen molar-refractivity contribution >= 4 is 17.5 Å². The minimum atomic E-state index is -0.184. The minimum absolute atomic E-state index is 0.0796. The van der Waals surface area contributed by atoms with Crippen molar-refractivity contribution in [2.45, 2.75) is 18.1 Å². The highest BCUT2D eigenvalue weighted by atomic mass is 32.2. The minimum Gasteiger partial charge on any atom is -0.294 e. The molecule has 1 nitrogen and oxygen atoms in total. The van der Waals surface area contributed by atoms with E-state index in [1.54, 1.807) is 0 Å². The predicted molar refractivity (Wildman–Crippen MR) is 91.7 cm³/mol. The number of thioether (sulfide) groups is 1. The van der Waals surface area contributed by atoms with E-state index in [-0.39, 0.29) is 17.0 Å². The predicted octanol–water partition coefficient (Wildman–Crippen LogP) is 5.02. The third-order valence-corrected chi connectivity index (χ3v) is 4.68. The Morgan fingerprint density at radius 1 is 1.05 bits per heavy atom. The molecule has 0 spiro atoms. The fourth-order valence-electron chi connectivity index (χ4n) is 2.48. The Hall–Kier alpha value is -1.80. The van der Waals surface area contributed by atoms with Gasteiger partial charge < -0.3 is 0 Å². The van der Waals surface area contributed by atoms with Crippen molar-refractivity contribution in [1.82, 2.24) is 0 Å². The maximum Gasteiger partial charge on any atom is 0.163 e. The van der Waals surface area contributed by atoms with Crippen LogP contribution in [0.5, 0.6) is 0 Å². The average Bonchev–Trinajstić information content (AvgIpc) is 2.56. The largest absolute Gasteiger partial charge is 0.294 e. The molecule has 21 heavy (non-hydrogen) atoms. The number of hydrogen-bond acceptors (Lipinski definition) is 2. The van der Waals surface area contributed by atoms with Crippen LogP contribution in [-0.4, -0.2) is 11.5 Å². The molecule has 2 aromatic carbocycles. The number of benzene rings is 2. The van der Waals surface area contributed by atoms with Crippen LogP contribution < -0.4 is 0 Å². The van der Waals surface area contributed by atoms with Crippen molar-refractivity contribution in [3.8, 4) is 0 Å². The number of ketones is 1. The highest BCUT2D eigenvalue weighted by Gasteiger charge is 2.29. The van der Waals surface area contributed by atoms with Crippen molar-refractivity contribution in [2.24, 2.45) is 0 Å². The fourth-order valence-corrected chi connectivity index (χ4v) is 3.68. The van der Waals surface area contributed by atoms with Crippen LogP contribution in [0.3, 0.4) is 0 Å². The molecular weight excluding hydrogens is 276 g/mol. The van der Waals surface area contributed by atoms with Crippen molar-refractivity contribution in [1.29, 1.82) is 0 Å². The standard InChI is InChI=1S/C19H20OS/c1-3-17(20)18(15-11-7-5-8-12-15)19(21-4-2)16-13-9-6-10-14-16/h3,5-14,18-19H,1,4H2,2H3/t18-,19-/m1/s1.